The first-order chi connectivity index (χ1) is 8.58. The van der Waals surface area contributed by atoms with E-state index in [1.54, 1.807) is 6.07 Å². The number of amides is 1. The summed E-state index contributed by atoms with van der Waals surface area (Å²) >= 11 is 1.89. The third-order valence-corrected chi connectivity index (χ3v) is 4.51. The molecule has 4 heteroatoms. The summed E-state index contributed by atoms with van der Waals surface area (Å²) in [4.78, 5) is 12.1. The molecular weight excluding hydrogens is 244 g/mol. The van der Waals surface area contributed by atoms with Crippen molar-refractivity contribution in [3.05, 3.63) is 29.3 Å². The van der Waals surface area contributed by atoms with Crippen LogP contribution in [0.1, 0.15) is 35.2 Å². The Bertz CT molecular complexity index is 427. The molecule has 1 fully saturated rings. The van der Waals surface area contributed by atoms with Crippen LogP contribution < -0.4 is 11.1 Å². The molecule has 1 aliphatic rings. The van der Waals surface area contributed by atoms with Crippen LogP contribution in [0.3, 0.4) is 0 Å². The Morgan fingerprint density at radius 1 is 1.39 bits per heavy atom. The van der Waals surface area contributed by atoms with Crippen molar-refractivity contribution < 1.29 is 4.79 Å². The third-order valence-electron chi connectivity index (χ3n) is 3.41. The van der Waals surface area contributed by atoms with E-state index in [4.69, 9.17) is 5.73 Å². The molecule has 2 rings (SSSR count). The van der Waals surface area contributed by atoms with Crippen LogP contribution in [0.25, 0.3) is 0 Å². The molecule has 18 heavy (non-hydrogen) atoms. The number of thioether (sulfide) groups is 1. The monoisotopic (exact) mass is 264 g/mol. The van der Waals surface area contributed by atoms with Crippen molar-refractivity contribution in [3.8, 4) is 0 Å². The number of benzene rings is 1. The fraction of sp³-hybridized carbons (Fsp3) is 0.500. The number of nitrogen functional groups attached to an aromatic ring is 1. The number of hydrogen-bond donors (Lipinski definition) is 2. The van der Waals surface area contributed by atoms with E-state index in [9.17, 15) is 4.79 Å². The summed E-state index contributed by atoms with van der Waals surface area (Å²) in [7, 11) is 0. The Balaban J connectivity index is 1.99. The number of carbonyl (C=O) groups excluding carboxylic acids is 1. The first kappa shape index (κ1) is 13.3. The Morgan fingerprint density at radius 3 is 2.78 bits per heavy atom. The number of nitrogens with two attached hydrogens (primary N) is 1. The average Bonchev–Trinajstić information content (AvgIpc) is 2.75. The molecule has 1 aromatic carbocycles. The third kappa shape index (κ3) is 3.19. The lowest BCUT2D eigenvalue weighted by atomic mass is 10.1. The fourth-order valence-electron chi connectivity index (χ4n) is 2.50. The van der Waals surface area contributed by atoms with Gasteiger partial charge in [-0.3, -0.25) is 4.79 Å². The normalized spacial score (nSPS) is 23.0. The van der Waals surface area contributed by atoms with Crippen LogP contribution in [0, 0.1) is 6.92 Å². The maximum atomic E-state index is 12.1. The van der Waals surface area contributed by atoms with Gasteiger partial charge in [-0.2, -0.15) is 11.8 Å². The standard InChI is InChI=1S/C14H20N2OS/c1-9-5-10(7-11(15)6-9)14(17)16-12-3-4-13(8-12)18-2/h5-7,12-13H,3-4,8,15H2,1-2H3,(H,16,17). The summed E-state index contributed by atoms with van der Waals surface area (Å²) in [6, 6.07) is 5.81. The van der Waals surface area contributed by atoms with Crippen molar-refractivity contribution in [2.75, 3.05) is 12.0 Å². The van der Waals surface area contributed by atoms with Gasteiger partial charge in [0.1, 0.15) is 0 Å². The van der Waals surface area contributed by atoms with E-state index in [1.165, 1.54) is 6.42 Å². The number of anilines is 1. The molecule has 1 saturated carbocycles. The predicted molar refractivity (Wildman–Crippen MR) is 78.0 cm³/mol. The van der Waals surface area contributed by atoms with Gasteiger partial charge in [0, 0.05) is 22.5 Å². The van der Waals surface area contributed by atoms with Crippen molar-refractivity contribution in [2.24, 2.45) is 0 Å². The molecule has 2 unspecified atom stereocenters. The lowest BCUT2D eigenvalue weighted by Gasteiger charge is -2.13. The second kappa shape index (κ2) is 5.65. The summed E-state index contributed by atoms with van der Waals surface area (Å²) in [6.45, 7) is 1.95. The van der Waals surface area contributed by atoms with Crippen molar-refractivity contribution in [3.63, 3.8) is 0 Å². The van der Waals surface area contributed by atoms with Gasteiger partial charge >= 0.3 is 0 Å². The first-order valence-corrected chi connectivity index (χ1v) is 7.58. The highest BCUT2D eigenvalue weighted by atomic mass is 32.2. The summed E-state index contributed by atoms with van der Waals surface area (Å²) in [6.07, 6.45) is 5.49. The second-order valence-electron chi connectivity index (χ2n) is 4.97. The van der Waals surface area contributed by atoms with Crippen LogP contribution in [-0.2, 0) is 0 Å². The quantitative estimate of drug-likeness (QED) is 0.825. The number of rotatable bonds is 3. The van der Waals surface area contributed by atoms with Gasteiger partial charge in [0.2, 0.25) is 0 Å². The molecule has 3 N–H and O–H groups in total. The maximum absolute atomic E-state index is 12.1. The zero-order valence-corrected chi connectivity index (χ0v) is 11.7. The molecule has 0 aliphatic heterocycles. The SMILES string of the molecule is CSC1CCC(NC(=O)c2cc(C)cc(N)c2)C1. The molecule has 1 aliphatic carbocycles. The zero-order valence-electron chi connectivity index (χ0n) is 10.9. The maximum Gasteiger partial charge on any atom is 0.251 e. The average molecular weight is 264 g/mol. The predicted octanol–water partition coefficient (Wildman–Crippen LogP) is 2.59. The molecule has 1 amide bonds. The highest BCUT2D eigenvalue weighted by Gasteiger charge is 2.25. The number of carbonyl (C=O) groups is 1. The number of hydrogen-bond acceptors (Lipinski definition) is 3. The molecule has 98 valence electrons. The summed E-state index contributed by atoms with van der Waals surface area (Å²) in [5.41, 5.74) is 8.10. The van der Waals surface area contributed by atoms with E-state index in [1.807, 2.05) is 30.8 Å². The lowest BCUT2D eigenvalue weighted by molar-refractivity contribution is 0.0938. The molecule has 0 spiro atoms. The Hall–Kier alpha value is -1.16. The van der Waals surface area contributed by atoms with Crippen molar-refractivity contribution in [2.45, 2.75) is 37.5 Å². The van der Waals surface area contributed by atoms with Gasteiger partial charge in [0.05, 0.1) is 0 Å². The van der Waals surface area contributed by atoms with Gasteiger partial charge in [-0.1, -0.05) is 0 Å². The second-order valence-corrected chi connectivity index (χ2v) is 6.11. The van der Waals surface area contributed by atoms with Crippen molar-refractivity contribution in [1.82, 2.24) is 5.32 Å². The molecule has 0 radical (unpaired) electrons. The smallest absolute Gasteiger partial charge is 0.251 e. The van der Waals surface area contributed by atoms with Crippen molar-refractivity contribution >= 4 is 23.4 Å². The Kier molecular flexibility index (Phi) is 4.17. The molecule has 0 saturated heterocycles. The van der Waals surface area contributed by atoms with E-state index >= 15 is 0 Å². The molecule has 0 bridgehead atoms. The molecule has 3 nitrogen and oxygen atoms in total. The fourth-order valence-corrected chi connectivity index (χ4v) is 3.29. The van der Waals surface area contributed by atoms with Crippen molar-refractivity contribution in [1.29, 1.82) is 0 Å². The minimum absolute atomic E-state index is 0.00264. The van der Waals surface area contributed by atoms with Gasteiger partial charge in [0.25, 0.3) is 5.91 Å². The lowest BCUT2D eigenvalue weighted by Crippen LogP contribution is -2.33. The van der Waals surface area contributed by atoms with Crippen LogP contribution in [0.5, 0.6) is 0 Å². The highest BCUT2D eigenvalue weighted by molar-refractivity contribution is 7.99. The molecule has 1 aromatic rings. The van der Waals surface area contributed by atoms with Crippen LogP contribution in [-0.4, -0.2) is 23.5 Å². The van der Waals surface area contributed by atoms with Crippen LogP contribution >= 0.6 is 11.8 Å². The zero-order chi connectivity index (χ0) is 13.1. The summed E-state index contributed by atoms with van der Waals surface area (Å²) in [5.74, 6) is -0.00264. The van der Waals surface area contributed by atoms with Crippen LogP contribution in [0.15, 0.2) is 18.2 Å². The Labute approximate surface area is 113 Å². The number of nitrogens with one attached hydrogen (secondary N) is 1. The molecule has 0 aromatic heterocycles. The van der Waals surface area contributed by atoms with E-state index < -0.39 is 0 Å². The molecular formula is C14H20N2OS. The summed E-state index contributed by atoms with van der Waals surface area (Å²) < 4.78 is 0. The van der Waals surface area contributed by atoms with Crippen LogP contribution in [0.4, 0.5) is 5.69 Å². The van der Waals surface area contributed by atoms with Gasteiger partial charge in [-0.15, -0.1) is 0 Å². The van der Waals surface area contributed by atoms with Gasteiger partial charge in [-0.05, 0) is 56.2 Å². The molecule has 0 heterocycles. The van der Waals surface area contributed by atoms with E-state index in [0.717, 1.165) is 18.4 Å². The van der Waals surface area contributed by atoms with Gasteiger partial charge in [0.15, 0.2) is 0 Å². The minimum Gasteiger partial charge on any atom is -0.399 e. The van der Waals surface area contributed by atoms with Gasteiger partial charge in [-0.25, -0.2) is 0 Å². The topological polar surface area (TPSA) is 55.1 Å². The van der Waals surface area contributed by atoms with E-state index in [0.29, 0.717) is 22.5 Å². The van der Waals surface area contributed by atoms with Gasteiger partial charge < -0.3 is 11.1 Å². The largest absolute Gasteiger partial charge is 0.399 e. The van der Waals surface area contributed by atoms with E-state index in [-0.39, 0.29) is 5.91 Å². The first-order valence-electron chi connectivity index (χ1n) is 6.29. The summed E-state index contributed by atoms with van der Waals surface area (Å²) in [5, 5.41) is 3.80. The van der Waals surface area contributed by atoms with Crippen LogP contribution in [0.2, 0.25) is 0 Å². The highest BCUT2D eigenvalue weighted by Crippen LogP contribution is 2.28. The number of aryl methyl sites for hydroxylation is 1. The minimum atomic E-state index is -0.00264. The molecule has 2 atom stereocenters. The Morgan fingerprint density at radius 2 is 2.17 bits per heavy atom. The van der Waals surface area contributed by atoms with E-state index in [2.05, 4.69) is 11.6 Å².